The minimum Gasteiger partial charge on any atom is -0.399 e. The maximum absolute atomic E-state index is 11.8. The standard InChI is InChI=1S/C12H16Br2N2O2/c1-7(6-18-2)3-11(17)16-12-9(13)4-8(15)5-10(12)14/h4-5,7H,3,6,15H2,1-2H3,(H,16,17). The van der Waals surface area contributed by atoms with E-state index in [-0.39, 0.29) is 11.8 Å². The summed E-state index contributed by atoms with van der Waals surface area (Å²) in [4.78, 5) is 11.8. The Hall–Kier alpha value is -0.590. The third kappa shape index (κ3) is 4.59. The van der Waals surface area contributed by atoms with Crippen LogP contribution in [0.1, 0.15) is 13.3 Å². The molecule has 1 amide bonds. The highest BCUT2D eigenvalue weighted by Gasteiger charge is 2.13. The summed E-state index contributed by atoms with van der Waals surface area (Å²) >= 11 is 6.75. The zero-order valence-corrected chi connectivity index (χ0v) is 13.5. The molecule has 0 saturated heterocycles. The fourth-order valence-electron chi connectivity index (χ4n) is 1.56. The van der Waals surface area contributed by atoms with Gasteiger partial charge in [-0.3, -0.25) is 4.79 Å². The lowest BCUT2D eigenvalue weighted by Gasteiger charge is -2.13. The van der Waals surface area contributed by atoms with Crippen LogP contribution in [0.4, 0.5) is 11.4 Å². The monoisotopic (exact) mass is 378 g/mol. The molecule has 4 nitrogen and oxygen atoms in total. The number of hydrogen-bond acceptors (Lipinski definition) is 3. The van der Waals surface area contributed by atoms with Crippen LogP contribution in [0.25, 0.3) is 0 Å². The van der Waals surface area contributed by atoms with Crippen molar-refractivity contribution in [2.75, 3.05) is 24.8 Å². The van der Waals surface area contributed by atoms with Crippen molar-refractivity contribution in [3.05, 3.63) is 21.1 Å². The molecule has 1 aromatic rings. The first-order valence-electron chi connectivity index (χ1n) is 5.47. The van der Waals surface area contributed by atoms with Gasteiger partial charge in [-0.15, -0.1) is 0 Å². The molecule has 0 aliphatic carbocycles. The van der Waals surface area contributed by atoms with Gasteiger partial charge in [0.05, 0.1) is 5.69 Å². The van der Waals surface area contributed by atoms with E-state index in [9.17, 15) is 4.79 Å². The molecule has 6 heteroatoms. The SMILES string of the molecule is COCC(C)CC(=O)Nc1c(Br)cc(N)cc1Br. The first-order chi connectivity index (χ1) is 8.43. The summed E-state index contributed by atoms with van der Waals surface area (Å²) in [6.07, 6.45) is 0.414. The number of benzene rings is 1. The molecule has 1 unspecified atom stereocenters. The first-order valence-corrected chi connectivity index (χ1v) is 7.06. The van der Waals surface area contributed by atoms with Gasteiger partial charge in [-0.1, -0.05) is 6.92 Å². The molecule has 0 bridgehead atoms. The van der Waals surface area contributed by atoms with Crippen LogP contribution in [0.2, 0.25) is 0 Å². The lowest BCUT2D eigenvalue weighted by Crippen LogP contribution is -2.18. The number of anilines is 2. The van der Waals surface area contributed by atoms with Crippen LogP contribution >= 0.6 is 31.9 Å². The summed E-state index contributed by atoms with van der Waals surface area (Å²) in [5, 5.41) is 2.85. The predicted molar refractivity (Wildman–Crippen MR) is 80.5 cm³/mol. The normalized spacial score (nSPS) is 12.2. The van der Waals surface area contributed by atoms with Crippen LogP contribution in [0.3, 0.4) is 0 Å². The van der Waals surface area contributed by atoms with Gasteiger partial charge in [0.2, 0.25) is 5.91 Å². The molecule has 18 heavy (non-hydrogen) atoms. The van der Waals surface area contributed by atoms with Gasteiger partial charge in [0.25, 0.3) is 0 Å². The van der Waals surface area contributed by atoms with E-state index < -0.39 is 0 Å². The van der Waals surface area contributed by atoms with E-state index in [0.717, 1.165) is 8.95 Å². The van der Waals surface area contributed by atoms with E-state index in [1.165, 1.54) is 0 Å². The third-order valence-electron chi connectivity index (χ3n) is 2.31. The predicted octanol–water partition coefficient (Wildman–Crippen LogP) is 3.40. The molecule has 1 atom stereocenters. The number of amides is 1. The Balaban J connectivity index is 2.70. The Bertz CT molecular complexity index is 415. The van der Waals surface area contributed by atoms with Crippen molar-refractivity contribution >= 4 is 49.1 Å². The van der Waals surface area contributed by atoms with Gasteiger partial charge < -0.3 is 15.8 Å². The Labute approximate surface area is 124 Å². The van der Waals surface area contributed by atoms with Crippen molar-refractivity contribution in [2.24, 2.45) is 5.92 Å². The van der Waals surface area contributed by atoms with E-state index in [4.69, 9.17) is 10.5 Å². The van der Waals surface area contributed by atoms with E-state index in [2.05, 4.69) is 37.2 Å². The van der Waals surface area contributed by atoms with Gasteiger partial charge >= 0.3 is 0 Å². The Morgan fingerprint density at radius 2 is 2.00 bits per heavy atom. The lowest BCUT2D eigenvalue weighted by molar-refractivity contribution is -0.117. The van der Waals surface area contributed by atoms with Gasteiger partial charge in [0.15, 0.2) is 0 Å². The summed E-state index contributed by atoms with van der Waals surface area (Å²) in [7, 11) is 1.63. The fraction of sp³-hybridized carbons (Fsp3) is 0.417. The number of carbonyl (C=O) groups is 1. The van der Waals surface area contributed by atoms with Gasteiger partial charge in [0, 0.05) is 34.8 Å². The Morgan fingerprint density at radius 1 is 1.44 bits per heavy atom. The lowest BCUT2D eigenvalue weighted by atomic mass is 10.1. The summed E-state index contributed by atoms with van der Waals surface area (Å²) in [5.74, 6) is 0.132. The van der Waals surface area contributed by atoms with Crippen molar-refractivity contribution in [1.82, 2.24) is 0 Å². The quantitative estimate of drug-likeness (QED) is 0.770. The van der Waals surface area contributed by atoms with Gasteiger partial charge in [0.1, 0.15) is 0 Å². The molecule has 0 aliphatic heterocycles. The number of carbonyl (C=O) groups excluding carboxylic acids is 1. The number of halogens is 2. The topological polar surface area (TPSA) is 64.3 Å². The highest BCUT2D eigenvalue weighted by Crippen LogP contribution is 2.33. The molecular formula is C12H16Br2N2O2. The van der Waals surface area contributed by atoms with Crippen LogP contribution in [-0.2, 0) is 9.53 Å². The molecule has 0 radical (unpaired) electrons. The maximum atomic E-state index is 11.8. The van der Waals surface area contributed by atoms with Crippen molar-refractivity contribution in [3.8, 4) is 0 Å². The number of rotatable bonds is 5. The van der Waals surface area contributed by atoms with Crippen molar-refractivity contribution < 1.29 is 9.53 Å². The van der Waals surface area contributed by atoms with Crippen LogP contribution < -0.4 is 11.1 Å². The largest absolute Gasteiger partial charge is 0.399 e. The van der Waals surface area contributed by atoms with Crippen molar-refractivity contribution in [1.29, 1.82) is 0 Å². The summed E-state index contributed by atoms with van der Waals surface area (Å²) in [5.41, 5.74) is 7.01. The second kappa shape index (κ2) is 7.11. The van der Waals surface area contributed by atoms with Crippen LogP contribution in [0.5, 0.6) is 0 Å². The zero-order chi connectivity index (χ0) is 13.7. The minimum atomic E-state index is -0.0503. The molecule has 0 aliphatic rings. The number of nitrogen functional groups attached to an aromatic ring is 1. The molecule has 0 heterocycles. The first kappa shape index (κ1) is 15.5. The molecular weight excluding hydrogens is 364 g/mol. The molecule has 0 saturated carbocycles. The Kier molecular flexibility index (Phi) is 6.11. The van der Waals surface area contributed by atoms with Crippen LogP contribution in [0.15, 0.2) is 21.1 Å². The highest BCUT2D eigenvalue weighted by atomic mass is 79.9. The summed E-state index contributed by atoms with van der Waals surface area (Å²) < 4.78 is 6.51. The maximum Gasteiger partial charge on any atom is 0.224 e. The molecule has 1 aromatic carbocycles. The van der Waals surface area contributed by atoms with Crippen molar-refractivity contribution in [2.45, 2.75) is 13.3 Å². The van der Waals surface area contributed by atoms with Crippen molar-refractivity contribution in [3.63, 3.8) is 0 Å². The molecule has 0 spiro atoms. The third-order valence-corrected chi connectivity index (χ3v) is 3.56. The number of nitrogens with two attached hydrogens (primary N) is 1. The molecule has 1 rings (SSSR count). The van der Waals surface area contributed by atoms with E-state index in [1.54, 1.807) is 19.2 Å². The average Bonchev–Trinajstić information content (AvgIpc) is 2.23. The minimum absolute atomic E-state index is 0.0503. The van der Waals surface area contributed by atoms with Gasteiger partial charge in [-0.05, 0) is 49.9 Å². The molecule has 3 N–H and O–H groups in total. The Morgan fingerprint density at radius 3 is 2.50 bits per heavy atom. The summed E-state index contributed by atoms with van der Waals surface area (Å²) in [6, 6.07) is 3.50. The fourth-order valence-corrected chi connectivity index (χ4v) is 2.98. The number of methoxy groups -OCH3 is 1. The number of nitrogens with one attached hydrogen (secondary N) is 1. The smallest absolute Gasteiger partial charge is 0.224 e. The van der Waals surface area contributed by atoms with Crippen LogP contribution in [-0.4, -0.2) is 19.6 Å². The molecule has 0 fully saturated rings. The number of ether oxygens (including phenoxy) is 1. The molecule has 100 valence electrons. The molecule has 0 aromatic heterocycles. The average molecular weight is 380 g/mol. The second-order valence-corrected chi connectivity index (χ2v) is 5.88. The highest BCUT2D eigenvalue weighted by molar-refractivity contribution is 9.11. The van der Waals surface area contributed by atoms with Crippen LogP contribution in [0, 0.1) is 5.92 Å². The van der Waals surface area contributed by atoms with E-state index in [1.807, 2.05) is 6.92 Å². The number of hydrogen-bond donors (Lipinski definition) is 2. The van der Waals surface area contributed by atoms with E-state index in [0.29, 0.717) is 24.4 Å². The zero-order valence-electron chi connectivity index (χ0n) is 10.3. The second-order valence-electron chi connectivity index (χ2n) is 4.17. The van der Waals surface area contributed by atoms with Gasteiger partial charge in [-0.2, -0.15) is 0 Å². The summed E-state index contributed by atoms with van der Waals surface area (Å²) in [6.45, 7) is 2.54. The van der Waals surface area contributed by atoms with E-state index >= 15 is 0 Å². The van der Waals surface area contributed by atoms with Gasteiger partial charge in [-0.25, -0.2) is 0 Å².